The fraction of sp³-hybridized carbons (Fsp3) is 0.500. The Kier molecular flexibility index (Phi) is 4.03. The van der Waals surface area contributed by atoms with E-state index in [-0.39, 0.29) is 18.1 Å². The minimum atomic E-state index is -0.225. The largest absolute Gasteiger partial charge is 0.355 e. The van der Waals surface area contributed by atoms with Crippen LogP contribution in [0.3, 0.4) is 0 Å². The van der Waals surface area contributed by atoms with E-state index in [1.54, 1.807) is 6.20 Å². The Hall–Kier alpha value is -1.65. The average Bonchev–Trinajstić information content (AvgIpc) is 2.50. The molecule has 0 unspecified atom stereocenters. The molecule has 1 aromatic heterocycles. The topological polar surface area (TPSA) is 64.0 Å². The van der Waals surface area contributed by atoms with Gasteiger partial charge in [0.05, 0.1) is 6.42 Å². The van der Waals surface area contributed by atoms with E-state index < -0.39 is 0 Å². The van der Waals surface area contributed by atoms with Crippen molar-refractivity contribution in [2.75, 3.05) is 6.54 Å². The van der Waals surface area contributed by atoms with Gasteiger partial charge in [0.1, 0.15) is 11.6 Å². The van der Waals surface area contributed by atoms with Crippen LogP contribution in [0, 0.1) is 0 Å². The minimum Gasteiger partial charge on any atom is -0.355 e. The minimum absolute atomic E-state index is 0.0411. The number of rotatable bonds is 5. The van der Waals surface area contributed by atoms with Gasteiger partial charge in [-0.25, -0.2) is 4.98 Å². The number of carbonyl (C=O) groups excluding carboxylic acids is 2. The van der Waals surface area contributed by atoms with Crippen LogP contribution < -0.4 is 5.32 Å². The normalized spacial score (nSPS) is 10.0. The summed E-state index contributed by atoms with van der Waals surface area (Å²) in [6.45, 7) is 1.91. The Morgan fingerprint density at radius 2 is 2.27 bits per heavy atom. The first kappa shape index (κ1) is 11.4. The lowest BCUT2D eigenvalue weighted by atomic mass is 10.3. The predicted molar refractivity (Wildman–Crippen MR) is 55.2 cm³/mol. The Labute approximate surface area is 88.5 Å². The number of Topliss-reactive ketones (excluding diaryl/α,β-unsaturated/α-hetero) is 1. The van der Waals surface area contributed by atoms with Crippen LogP contribution in [-0.4, -0.2) is 27.8 Å². The van der Waals surface area contributed by atoms with E-state index in [4.69, 9.17) is 0 Å². The third kappa shape index (κ3) is 3.93. The van der Waals surface area contributed by atoms with Crippen molar-refractivity contribution in [3.63, 3.8) is 0 Å². The zero-order chi connectivity index (χ0) is 11.3. The second-order valence-corrected chi connectivity index (χ2v) is 3.43. The molecule has 0 aromatic carbocycles. The number of ketones is 1. The standard InChI is InChI=1S/C10H15N3O2/c1-8(14)7-10(15)12-4-3-9-11-5-6-13(9)2/h5-6H,3-4,7H2,1-2H3,(H,12,15). The highest BCUT2D eigenvalue weighted by Crippen LogP contribution is 1.94. The van der Waals surface area contributed by atoms with Crippen LogP contribution in [0.25, 0.3) is 0 Å². The number of aryl methyl sites for hydroxylation is 1. The van der Waals surface area contributed by atoms with E-state index in [2.05, 4.69) is 10.3 Å². The van der Waals surface area contributed by atoms with E-state index in [0.717, 1.165) is 5.82 Å². The molecule has 0 saturated carbocycles. The van der Waals surface area contributed by atoms with Crippen molar-refractivity contribution in [2.45, 2.75) is 19.8 Å². The highest BCUT2D eigenvalue weighted by molar-refractivity contribution is 5.96. The fourth-order valence-electron chi connectivity index (χ4n) is 1.24. The Morgan fingerprint density at radius 1 is 1.53 bits per heavy atom. The molecule has 1 N–H and O–H groups in total. The smallest absolute Gasteiger partial charge is 0.227 e. The maximum atomic E-state index is 11.1. The molecule has 0 spiro atoms. The quantitative estimate of drug-likeness (QED) is 0.697. The number of amides is 1. The van der Waals surface area contributed by atoms with Gasteiger partial charge in [-0.05, 0) is 6.92 Å². The van der Waals surface area contributed by atoms with E-state index in [1.165, 1.54) is 6.92 Å². The second-order valence-electron chi connectivity index (χ2n) is 3.43. The van der Waals surface area contributed by atoms with Crippen LogP contribution in [0.5, 0.6) is 0 Å². The SMILES string of the molecule is CC(=O)CC(=O)NCCc1nccn1C. The van der Waals surface area contributed by atoms with Gasteiger partial charge in [0.2, 0.25) is 5.91 Å². The zero-order valence-electron chi connectivity index (χ0n) is 8.99. The number of aromatic nitrogens is 2. The Morgan fingerprint density at radius 3 is 2.80 bits per heavy atom. The third-order valence-corrected chi connectivity index (χ3v) is 2.00. The Balaban J connectivity index is 2.25. The first-order valence-corrected chi connectivity index (χ1v) is 4.82. The van der Waals surface area contributed by atoms with Gasteiger partial charge in [-0.1, -0.05) is 0 Å². The average molecular weight is 209 g/mol. The summed E-state index contributed by atoms with van der Waals surface area (Å²) in [6, 6.07) is 0. The second kappa shape index (κ2) is 5.29. The number of hydrogen-bond donors (Lipinski definition) is 1. The van der Waals surface area contributed by atoms with Crippen molar-refractivity contribution in [1.82, 2.24) is 14.9 Å². The molecule has 1 amide bonds. The van der Waals surface area contributed by atoms with E-state index in [0.29, 0.717) is 13.0 Å². The van der Waals surface area contributed by atoms with Gasteiger partial charge in [-0.2, -0.15) is 0 Å². The number of nitrogens with zero attached hydrogens (tertiary/aromatic N) is 2. The summed E-state index contributed by atoms with van der Waals surface area (Å²) in [5.74, 6) is 0.569. The van der Waals surface area contributed by atoms with Gasteiger partial charge in [0.25, 0.3) is 0 Å². The first-order valence-electron chi connectivity index (χ1n) is 4.82. The molecular weight excluding hydrogens is 194 g/mol. The third-order valence-electron chi connectivity index (χ3n) is 2.00. The summed E-state index contributed by atoms with van der Waals surface area (Å²) in [5.41, 5.74) is 0. The molecule has 0 aliphatic rings. The molecule has 1 aromatic rings. The van der Waals surface area contributed by atoms with E-state index in [9.17, 15) is 9.59 Å². The maximum absolute atomic E-state index is 11.1. The molecule has 1 heterocycles. The van der Waals surface area contributed by atoms with Crippen molar-refractivity contribution in [3.05, 3.63) is 18.2 Å². The highest BCUT2D eigenvalue weighted by Gasteiger charge is 2.04. The van der Waals surface area contributed by atoms with Crippen molar-refractivity contribution in [2.24, 2.45) is 7.05 Å². The molecule has 0 radical (unpaired) electrons. The van der Waals surface area contributed by atoms with Crippen LogP contribution in [0.1, 0.15) is 19.2 Å². The van der Waals surface area contributed by atoms with Crippen LogP contribution in [0.2, 0.25) is 0 Å². The van der Waals surface area contributed by atoms with Crippen molar-refractivity contribution in [3.8, 4) is 0 Å². The highest BCUT2D eigenvalue weighted by atomic mass is 16.2. The summed E-state index contributed by atoms with van der Waals surface area (Å²) in [5, 5.41) is 2.67. The summed E-state index contributed by atoms with van der Waals surface area (Å²) in [7, 11) is 1.90. The van der Waals surface area contributed by atoms with Gasteiger partial charge >= 0.3 is 0 Å². The van der Waals surface area contributed by atoms with Crippen LogP contribution in [-0.2, 0) is 23.1 Å². The summed E-state index contributed by atoms with van der Waals surface area (Å²) in [4.78, 5) is 25.8. The van der Waals surface area contributed by atoms with Crippen LogP contribution in [0.15, 0.2) is 12.4 Å². The lowest BCUT2D eigenvalue weighted by Crippen LogP contribution is -2.27. The molecule has 0 bridgehead atoms. The summed E-state index contributed by atoms with van der Waals surface area (Å²) < 4.78 is 1.90. The summed E-state index contributed by atoms with van der Waals surface area (Å²) in [6.07, 6.45) is 4.20. The van der Waals surface area contributed by atoms with Crippen molar-refractivity contribution in [1.29, 1.82) is 0 Å². The number of imidazole rings is 1. The van der Waals surface area contributed by atoms with Gasteiger partial charge in [0, 0.05) is 32.4 Å². The molecule has 0 aliphatic heterocycles. The molecule has 0 atom stereocenters. The molecule has 5 heteroatoms. The van der Waals surface area contributed by atoms with Gasteiger partial charge in [0.15, 0.2) is 0 Å². The zero-order valence-corrected chi connectivity index (χ0v) is 8.99. The molecule has 0 aliphatic carbocycles. The number of carbonyl (C=O) groups is 2. The molecule has 1 rings (SSSR count). The lowest BCUT2D eigenvalue weighted by molar-refractivity contribution is -0.127. The lowest BCUT2D eigenvalue weighted by Gasteiger charge is -2.03. The van der Waals surface area contributed by atoms with Gasteiger partial charge in [-0.3, -0.25) is 9.59 Å². The number of hydrogen-bond acceptors (Lipinski definition) is 3. The monoisotopic (exact) mass is 209 g/mol. The van der Waals surface area contributed by atoms with E-state index in [1.807, 2.05) is 17.8 Å². The maximum Gasteiger partial charge on any atom is 0.227 e. The molecule has 0 saturated heterocycles. The Bertz CT molecular complexity index is 357. The molecule has 82 valence electrons. The number of nitrogens with one attached hydrogen (secondary N) is 1. The molecule has 5 nitrogen and oxygen atoms in total. The fourth-order valence-corrected chi connectivity index (χ4v) is 1.24. The van der Waals surface area contributed by atoms with Gasteiger partial charge in [-0.15, -0.1) is 0 Å². The van der Waals surface area contributed by atoms with Crippen LogP contribution >= 0.6 is 0 Å². The van der Waals surface area contributed by atoms with E-state index >= 15 is 0 Å². The van der Waals surface area contributed by atoms with Crippen LogP contribution in [0.4, 0.5) is 0 Å². The van der Waals surface area contributed by atoms with Gasteiger partial charge < -0.3 is 9.88 Å². The molecule has 15 heavy (non-hydrogen) atoms. The summed E-state index contributed by atoms with van der Waals surface area (Å²) >= 11 is 0. The molecular formula is C10H15N3O2. The molecule has 0 fully saturated rings. The van der Waals surface area contributed by atoms with Crippen molar-refractivity contribution < 1.29 is 9.59 Å². The predicted octanol–water partition coefficient (Wildman–Crippen LogP) is 0.0579. The van der Waals surface area contributed by atoms with Crippen molar-refractivity contribution >= 4 is 11.7 Å². The first-order chi connectivity index (χ1) is 7.09.